The number of aryl methyl sites for hydroxylation is 1. The zero-order valence-electron chi connectivity index (χ0n) is 11.9. The van der Waals surface area contributed by atoms with Crippen molar-refractivity contribution >= 4 is 17.6 Å². The summed E-state index contributed by atoms with van der Waals surface area (Å²) < 4.78 is 0. The lowest BCUT2D eigenvalue weighted by Crippen LogP contribution is -2.32. The first-order valence-corrected chi connectivity index (χ1v) is 7.30. The Balaban J connectivity index is 1.68. The van der Waals surface area contributed by atoms with Gasteiger partial charge in [-0.05, 0) is 19.3 Å². The third-order valence-corrected chi connectivity index (χ3v) is 3.74. The topological polar surface area (TPSA) is 86.9 Å². The molecule has 0 atom stereocenters. The van der Waals surface area contributed by atoms with Crippen LogP contribution in [0.2, 0.25) is 0 Å². The van der Waals surface area contributed by atoms with Gasteiger partial charge in [-0.15, -0.1) is 0 Å². The molecule has 0 aliphatic heterocycles. The van der Waals surface area contributed by atoms with Crippen molar-refractivity contribution in [2.24, 2.45) is 5.92 Å². The van der Waals surface area contributed by atoms with E-state index in [2.05, 4.69) is 20.8 Å². The Bertz CT molecular complexity index is 463. The molecule has 1 aromatic heterocycles. The Morgan fingerprint density at radius 1 is 1.40 bits per heavy atom. The Labute approximate surface area is 118 Å². The van der Waals surface area contributed by atoms with Gasteiger partial charge in [0.15, 0.2) is 0 Å². The van der Waals surface area contributed by atoms with Crippen LogP contribution < -0.4 is 10.6 Å². The number of nitrogens with one attached hydrogen (secondary N) is 3. The van der Waals surface area contributed by atoms with E-state index in [0.717, 1.165) is 37.7 Å². The fourth-order valence-corrected chi connectivity index (χ4v) is 2.52. The van der Waals surface area contributed by atoms with Crippen molar-refractivity contribution < 1.29 is 9.59 Å². The summed E-state index contributed by atoms with van der Waals surface area (Å²) in [6.07, 6.45) is 7.02. The summed E-state index contributed by atoms with van der Waals surface area (Å²) in [5, 5.41) is 12.3. The van der Waals surface area contributed by atoms with Crippen molar-refractivity contribution in [2.75, 3.05) is 11.9 Å². The van der Waals surface area contributed by atoms with E-state index in [0.29, 0.717) is 12.4 Å². The van der Waals surface area contributed by atoms with Gasteiger partial charge in [-0.25, -0.2) is 0 Å². The first kappa shape index (κ1) is 14.6. The molecule has 2 amide bonds. The molecular formula is C14H22N4O2. The first-order valence-electron chi connectivity index (χ1n) is 7.30. The predicted octanol–water partition coefficient (Wildman–Crippen LogP) is 1.61. The number of carbonyl (C=O) groups is 2. The number of anilines is 1. The lowest BCUT2D eigenvalue weighted by Gasteiger charge is -2.10. The average molecular weight is 278 g/mol. The molecule has 6 heteroatoms. The minimum absolute atomic E-state index is 0.0890. The second kappa shape index (κ2) is 7.07. The van der Waals surface area contributed by atoms with Gasteiger partial charge in [0.2, 0.25) is 11.8 Å². The monoisotopic (exact) mass is 278 g/mol. The minimum atomic E-state index is -0.115. The highest BCUT2D eigenvalue weighted by atomic mass is 16.2. The van der Waals surface area contributed by atoms with Crippen molar-refractivity contribution in [3.05, 3.63) is 11.8 Å². The van der Waals surface area contributed by atoms with E-state index in [9.17, 15) is 9.59 Å². The number of aromatic nitrogens is 2. The lowest BCUT2D eigenvalue weighted by molar-refractivity contribution is -0.124. The second-order valence-electron chi connectivity index (χ2n) is 5.19. The van der Waals surface area contributed by atoms with Crippen LogP contribution in [0.5, 0.6) is 0 Å². The molecule has 0 saturated heterocycles. The van der Waals surface area contributed by atoms with E-state index in [1.807, 2.05) is 6.92 Å². The number of rotatable bonds is 6. The van der Waals surface area contributed by atoms with E-state index in [4.69, 9.17) is 0 Å². The molecule has 1 fully saturated rings. The van der Waals surface area contributed by atoms with E-state index in [1.165, 1.54) is 0 Å². The zero-order chi connectivity index (χ0) is 14.4. The van der Waals surface area contributed by atoms with Crippen molar-refractivity contribution in [3.63, 3.8) is 0 Å². The standard InChI is InChI=1S/C14H22N4O2/c1-2-10-9-16-18-13(10)17-12(19)7-8-15-14(20)11-5-3-4-6-11/h9,11H,2-8H2,1H3,(H,15,20)(H2,16,17,18,19). The molecule has 0 spiro atoms. The lowest BCUT2D eigenvalue weighted by atomic mass is 10.1. The van der Waals surface area contributed by atoms with Crippen LogP contribution in [0, 0.1) is 5.92 Å². The van der Waals surface area contributed by atoms with Gasteiger partial charge in [0.1, 0.15) is 5.82 Å². The Hall–Kier alpha value is -1.85. The zero-order valence-corrected chi connectivity index (χ0v) is 11.9. The summed E-state index contributed by atoms with van der Waals surface area (Å²) in [7, 11) is 0. The Morgan fingerprint density at radius 2 is 2.15 bits per heavy atom. The van der Waals surface area contributed by atoms with Gasteiger partial charge in [-0.3, -0.25) is 14.7 Å². The summed E-state index contributed by atoms with van der Waals surface area (Å²) in [5.74, 6) is 0.777. The molecule has 0 unspecified atom stereocenters. The molecular weight excluding hydrogens is 256 g/mol. The number of hydrogen-bond acceptors (Lipinski definition) is 3. The smallest absolute Gasteiger partial charge is 0.227 e. The van der Waals surface area contributed by atoms with Crippen LogP contribution in [0.15, 0.2) is 6.20 Å². The molecule has 20 heavy (non-hydrogen) atoms. The molecule has 0 aromatic carbocycles. The van der Waals surface area contributed by atoms with Crippen LogP contribution in [-0.4, -0.2) is 28.6 Å². The predicted molar refractivity (Wildman–Crippen MR) is 76.2 cm³/mol. The molecule has 3 N–H and O–H groups in total. The molecule has 110 valence electrons. The van der Waals surface area contributed by atoms with Crippen LogP contribution in [0.3, 0.4) is 0 Å². The van der Waals surface area contributed by atoms with Crippen LogP contribution in [0.25, 0.3) is 0 Å². The van der Waals surface area contributed by atoms with Crippen molar-refractivity contribution in [3.8, 4) is 0 Å². The fourth-order valence-electron chi connectivity index (χ4n) is 2.52. The quantitative estimate of drug-likeness (QED) is 0.738. The summed E-state index contributed by atoms with van der Waals surface area (Å²) >= 11 is 0. The molecule has 1 aliphatic carbocycles. The fraction of sp³-hybridized carbons (Fsp3) is 0.643. The average Bonchev–Trinajstić information content (AvgIpc) is 3.09. The number of carbonyl (C=O) groups excluding carboxylic acids is 2. The van der Waals surface area contributed by atoms with Crippen molar-refractivity contribution in [1.29, 1.82) is 0 Å². The molecule has 1 aromatic rings. The van der Waals surface area contributed by atoms with Crippen LogP contribution in [0.4, 0.5) is 5.82 Å². The maximum absolute atomic E-state index is 11.8. The minimum Gasteiger partial charge on any atom is -0.355 e. The first-order chi connectivity index (χ1) is 9.70. The van der Waals surface area contributed by atoms with Crippen LogP contribution >= 0.6 is 0 Å². The summed E-state index contributed by atoms with van der Waals surface area (Å²) in [4.78, 5) is 23.6. The third kappa shape index (κ3) is 3.82. The second-order valence-corrected chi connectivity index (χ2v) is 5.19. The number of hydrogen-bond donors (Lipinski definition) is 3. The van der Waals surface area contributed by atoms with Gasteiger partial charge < -0.3 is 10.6 Å². The molecule has 2 rings (SSSR count). The molecule has 0 radical (unpaired) electrons. The summed E-state index contributed by atoms with van der Waals surface area (Å²) in [5.41, 5.74) is 0.980. The Morgan fingerprint density at radius 3 is 2.85 bits per heavy atom. The van der Waals surface area contributed by atoms with Gasteiger partial charge in [0.05, 0.1) is 6.20 Å². The molecule has 1 saturated carbocycles. The molecule has 6 nitrogen and oxygen atoms in total. The number of nitrogens with zero attached hydrogens (tertiary/aromatic N) is 1. The number of amides is 2. The van der Waals surface area contributed by atoms with Crippen LogP contribution in [-0.2, 0) is 16.0 Å². The number of aromatic amines is 1. The molecule has 0 bridgehead atoms. The Kier molecular flexibility index (Phi) is 5.15. The van der Waals surface area contributed by atoms with E-state index in [-0.39, 0.29) is 24.2 Å². The molecule has 1 heterocycles. The van der Waals surface area contributed by atoms with E-state index >= 15 is 0 Å². The van der Waals surface area contributed by atoms with E-state index < -0.39 is 0 Å². The van der Waals surface area contributed by atoms with E-state index in [1.54, 1.807) is 6.20 Å². The van der Waals surface area contributed by atoms with Gasteiger partial charge in [-0.1, -0.05) is 19.8 Å². The maximum Gasteiger partial charge on any atom is 0.227 e. The van der Waals surface area contributed by atoms with Gasteiger partial charge in [-0.2, -0.15) is 5.10 Å². The summed E-state index contributed by atoms with van der Waals surface area (Å²) in [6.45, 7) is 2.39. The van der Waals surface area contributed by atoms with Crippen molar-refractivity contribution in [2.45, 2.75) is 45.4 Å². The van der Waals surface area contributed by atoms with Crippen LogP contribution in [0.1, 0.15) is 44.6 Å². The van der Waals surface area contributed by atoms with Gasteiger partial charge >= 0.3 is 0 Å². The van der Waals surface area contributed by atoms with Gasteiger partial charge in [0, 0.05) is 24.4 Å². The van der Waals surface area contributed by atoms with Gasteiger partial charge in [0.25, 0.3) is 0 Å². The SMILES string of the molecule is CCc1cn[nH]c1NC(=O)CCNC(=O)C1CCCC1. The highest BCUT2D eigenvalue weighted by Gasteiger charge is 2.22. The summed E-state index contributed by atoms with van der Waals surface area (Å²) in [6, 6.07) is 0. The van der Waals surface area contributed by atoms with Crippen molar-refractivity contribution in [1.82, 2.24) is 15.5 Å². The normalized spacial score (nSPS) is 15.2. The molecule has 1 aliphatic rings. The highest BCUT2D eigenvalue weighted by molar-refractivity contribution is 5.90. The largest absolute Gasteiger partial charge is 0.355 e. The third-order valence-electron chi connectivity index (χ3n) is 3.74. The maximum atomic E-state index is 11.8. The number of H-pyrrole nitrogens is 1. The highest BCUT2D eigenvalue weighted by Crippen LogP contribution is 2.24.